The fraction of sp³-hybridized carbons (Fsp3) is 0.481. The second kappa shape index (κ2) is 23.7. The lowest BCUT2D eigenvalue weighted by atomic mass is 9.85. The molecule has 0 spiro atoms. The number of esters is 2. The van der Waals surface area contributed by atoms with Gasteiger partial charge in [-0.3, -0.25) is 0 Å². The Kier molecular flexibility index (Phi) is 17.9. The van der Waals surface area contributed by atoms with E-state index in [1.807, 2.05) is 48.5 Å². The highest BCUT2D eigenvalue weighted by Gasteiger charge is 2.44. The number of fused-ring (bicyclic) bond motifs is 2. The smallest absolute Gasteiger partial charge is 0.384 e. The van der Waals surface area contributed by atoms with Gasteiger partial charge in [-0.25, -0.2) is 9.59 Å². The highest BCUT2D eigenvalue weighted by atomic mass is 16.6. The molecule has 4 unspecified atom stereocenters. The summed E-state index contributed by atoms with van der Waals surface area (Å²) in [6, 6.07) is 15.8. The topological polar surface area (TPSA) is 145 Å². The number of carbonyl (C=O) groups is 2. The molecule has 2 heterocycles. The minimum absolute atomic E-state index is 0.0730. The van der Waals surface area contributed by atoms with Crippen LogP contribution in [0.25, 0.3) is 0 Å². The number of benzene rings is 4. The Hall–Kier alpha value is -6.70. The van der Waals surface area contributed by atoms with Crippen molar-refractivity contribution in [1.29, 1.82) is 0 Å². The Labute approximate surface area is 412 Å². The van der Waals surface area contributed by atoms with Crippen LogP contribution >= 0.6 is 0 Å². The first kappa shape index (κ1) is 52.7. The molecule has 0 saturated carbocycles. The van der Waals surface area contributed by atoms with Crippen LogP contribution in [0, 0.1) is 11.8 Å². The van der Waals surface area contributed by atoms with E-state index in [-0.39, 0.29) is 25.3 Å². The van der Waals surface area contributed by atoms with Gasteiger partial charge in [-0.2, -0.15) is 0 Å². The molecule has 0 amide bonds. The molecule has 4 aromatic rings. The number of carbonyl (C=O) groups excluding carboxylic acids is 2. The lowest BCUT2D eigenvalue weighted by Gasteiger charge is -2.46. The molecular formula is C54H70N2O14+2. The van der Waals surface area contributed by atoms with E-state index in [0.29, 0.717) is 105 Å². The van der Waals surface area contributed by atoms with Crippen molar-refractivity contribution in [3.05, 3.63) is 81.9 Å². The Balaban J connectivity index is 1.09. The van der Waals surface area contributed by atoms with Gasteiger partial charge in [0.15, 0.2) is 46.0 Å². The highest BCUT2D eigenvalue weighted by Crippen LogP contribution is 2.52. The third-order valence-corrected chi connectivity index (χ3v) is 14.0. The van der Waals surface area contributed by atoms with Crippen molar-refractivity contribution in [1.82, 2.24) is 0 Å². The number of quaternary nitrogens is 2. The molecule has 0 N–H and O–H groups in total. The van der Waals surface area contributed by atoms with E-state index in [2.05, 4.69) is 25.9 Å². The molecule has 6 rings (SSSR count). The number of nitrogens with zero attached hydrogens (tertiary/aromatic N) is 2. The molecule has 0 bridgehead atoms. The average Bonchev–Trinajstić information content (AvgIpc) is 3.38. The van der Waals surface area contributed by atoms with Crippen LogP contribution in [0.4, 0.5) is 0 Å². The van der Waals surface area contributed by atoms with Crippen LogP contribution in [0.5, 0.6) is 57.5 Å². The largest absolute Gasteiger partial charge is 0.493 e. The van der Waals surface area contributed by atoms with Crippen LogP contribution in [0.15, 0.2) is 48.5 Å². The van der Waals surface area contributed by atoms with E-state index in [0.717, 1.165) is 59.3 Å². The molecule has 0 fully saturated rings. The maximum absolute atomic E-state index is 12.8. The number of hydrogen-bond acceptors (Lipinski definition) is 14. The van der Waals surface area contributed by atoms with Crippen LogP contribution in [-0.4, -0.2) is 145 Å². The summed E-state index contributed by atoms with van der Waals surface area (Å²) in [7, 11) is 20.6. The number of likely N-dealkylation sites (N-methyl/N-ethyl adjacent to an activating group) is 2. The maximum atomic E-state index is 12.8. The lowest BCUT2D eigenvalue weighted by molar-refractivity contribution is -0.941. The summed E-state index contributed by atoms with van der Waals surface area (Å²) < 4.78 is 69.8. The minimum atomic E-state index is -0.798. The third-order valence-electron chi connectivity index (χ3n) is 14.0. The van der Waals surface area contributed by atoms with Gasteiger partial charge in [-0.1, -0.05) is 12.1 Å². The summed E-state index contributed by atoms with van der Waals surface area (Å²) in [6.45, 7) is 3.19. The predicted octanol–water partition coefficient (Wildman–Crippen LogP) is 6.92. The Morgan fingerprint density at radius 3 is 1.16 bits per heavy atom. The van der Waals surface area contributed by atoms with E-state index in [1.165, 1.54) is 0 Å². The molecule has 70 heavy (non-hydrogen) atoms. The average molecular weight is 971 g/mol. The summed E-state index contributed by atoms with van der Waals surface area (Å²) in [4.78, 5) is 25.7. The van der Waals surface area contributed by atoms with Gasteiger partial charge in [0.25, 0.3) is 0 Å². The van der Waals surface area contributed by atoms with Crippen LogP contribution in [0.2, 0.25) is 0 Å². The van der Waals surface area contributed by atoms with Crippen LogP contribution in [0.3, 0.4) is 0 Å². The van der Waals surface area contributed by atoms with E-state index >= 15 is 0 Å². The molecule has 0 radical (unpaired) electrons. The lowest BCUT2D eigenvalue weighted by Crippen LogP contribution is -2.53. The van der Waals surface area contributed by atoms with Gasteiger partial charge < -0.3 is 65.8 Å². The zero-order valence-corrected chi connectivity index (χ0v) is 42.9. The van der Waals surface area contributed by atoms with Gasteiger partial charge in [0.1, 0.15) is 12.1 Å². The van der Waals surface area contributed by atoms with Crippen molar-refractivity contribution >= 4 is 11.9 Å². The maximum Gasteiger partial charge on any atom is 0.384 e. The molecule has 2 aliphatic rings. The third kappa shape index (κ3) is 11.3. The van der Waals surface area contributed by atoms with Crippen molar-refractivity contribution in [2.45, 2.75) is 50.6 Å². The summed E-state index contributed by atoms with van der Waals surface area (Å²) >= 11 is 0. The van der Waals surface area contributed by atoms with E-state index in [9.17, 15) is 9.59 Å². The molecule has 16 nitrogen and oxygen atoms in total. The molecule has 0 aromatic heterocycles. The predicted molar refractivity (Wildman–Crippen MR) is 262 cm³/mol. The monoisotopic (exact) mass is 970 g/mol. The molecule has 4 atom stereocenters. The zero-order valence-electron chi connectivity index (χ0n) is 42.9. The number of hydrogen-bond donors (Lipinski definition) is 0. The molecule has 2 aliphatic heterocycles. The van der Waals surface area contributed by atoms with E-state index in [4.69, 9.17) is 56.8 Å². The normalized spacial score (nSPS) is 18.9. The molecule has 0 aliphatic carbocycles. The first-order valence-corrected chi connectivity index (χ1v) is 23.4. The van der Waals surface area contributed by atoms with Crippen LogP contribution in [0.1, 0.15) is 58.3 Å². The Bertz CT molecular complexity index is 2380. The van der Waals surface area contributed by atoms with Crippen molar-refractivity contribution in [2.24, 2.45) is 0 Å². The van der Waals surface area contributed by atoms with Gasteiger partial charge >= 0.3 is 11.9 Å². The van der Waals surface area contributed by atoms with Gasteiger partial charge in [0.2, 0.25) is 11.5 Å². The zero-order chi connectivity index (χ0) is 50.6. The van der Waals surface area contributed by atoms with Gasteiger partial charge in [-0.15, -0.1) is 0 Å². The Morgan fingerprint density at radius 2 is 0.829 bits per heavy atom. The molecule has 4 aromatic carbocycles. The summed E-state index contributed by atoms with van der Waals surface area (Å²) in [6.07, 6.45) is 3.92. The fourth-order valence-electron chi connectivity index (χ4n) is 10.3. The first-order valence-electron chi connectivity index (χ1n) is 23.4. The molecule has 0 saturated heterocycles. The minimum Gasteiger partial charge on any atom is -0.493 e. The SMILES string of the molecule is COc1ccc(CC2c3c(cc(OC)c(OC)c3OC)CC[N+]2(C)CCCOC(=O)C#CC(=O)OCCC[N+]2(C)CCc3cc(OC)c(OC)c(OC)c3C2Cc2ccc(OC)c(OC)c2)cc1OC. The van der Waals surface area contributed by atoms with E-state index in [1.54, 1.807) is 71.1 Å². The van der Waals surface area contributed by atoms with Gasteiger partial charge in [0, 0.05) is 50.4 Å². The van der Waals surface area contributed by atoms with Gasteiger partial charge in [0.05, 0.1) is 136 Å². The number of methoxy groups -OCH3 is 10. The van der Waals surface area contributed by atoms with E-state index < -0.39 is 11.9 Å². The summed E-state index contributed by atoms with van der Waals surface area (Å²) in [5.41, 5.74) is 6.43. The van der Waals surface area contributed by atoms with Crippen molar-refractivity contribution in [2.75, 3.05) is 125 Å². The Morgan fingerprint density at radius 1 is 0.471 bits per heavy atom. The second-order valence-electron chi connectivity index (χ2n) is 17.8. The van der Waals surface area contributed by atoms with Gasteiger partial charge in [-0.05, 0) is 58.7 Å². The number of ether oxygens (including phenoxy) is 12. The van der Waals surface area contributed by atoms with Crippen molar-refractivity contribution < 1.29 is 75.4 Å². The number of rotatable bonds is 22. The quantitative estimate of drug-likeness (QED) is 0.0264. The first-order chi connectivity index (χ1) is 33.8. The van der Waals surface area contributed by atoms with Crippen molar-refractivity contribution in [3.63, 3.8) is 0 Å². The van der Waals surface area contributed by atoms with Crippen LogP contribution in [-0.2, 0) is 44.7 Å². The van der Waals surface area contributed by atoms with Crippen LogP contribution < -0.4 is 47.4 Å². The fourth-order valence-corrected chi connectivity index (χ4v) is 10.3. The standard InChI is InChI=1S/C54H70N2O14/c1-55(25-21-37-33-45(63-7)51(65-9)53(67-11)49(37)39(55)29-35-15-17-41(59-3)43(31-35)61-5)23-13-27-69-47(57)19-20-48(58)70-28-14-24-56(2)26-22-38-34-46(64-8)52(66-10)54(68-12)50(38)40(56)30-36-16-18-42(60-4)44(32-36)62-6/h15-18,31-34,39-40H,13-14,21-30H2,1-12H3/q+2. The highest BCUT2D eigenvalue weighted by molar-refractivity contribution is 5.98. The molecule has 16 heteroatoms. The summed E-state index contributed by atoms with van der Waals surface area (Å²) in [5.74, 6) is 9.17. The molecular weight excluding hydrogens is 901 g/mol. The molecule has 378 valence electrons. The summed E-state index contributed by atoms with van der Waals surface area (Å²) in [5, 5.41) is 0. The van der Waals surface area contributed by atoms with Crippen molar-refractivity contribution in [3.8, 4) is 69.3 Å². The second-order valence-corrected chi connectivity index (χ2v) is 17.8.